The quantitative estimate of drug-likeness (QED) is 0.319. The molecule has 0 bridgehead atoms. The standard InChI is InChI=1S/C29H31ClN2O4S/c30-27-11-10-23(37(33,34)32-16-4-1-5-17-32)18-21(27)20-35-29(13-14-29)26-19-31-15-12-24(26)25-6-2-3-7-28(25)36-22-8-9-22/h2-3,6-7,10-12,15,18-19,22H,1,4-5,8-9,13-14,16-17,20H2. The molecule has 0 unspecified atom stereocenters. The third kappa shape index (κ3) is 5.15. The van der Waals surface area contributed by atoms with Gasteiger partial charge >= 0.3 is 0 Å². The van der Waals surface area contributed by atoms with E-state index in [1.54, 1.807) is 28.7 Å². The molecule has 2 aliphatic carbocycles. The summed E-state index contributed by atoms with van der Waals surface area (Å²) < 4.78 is 40.8. The van der Waals surface area contributed by atoms with Crippen molar-refractivity contribution in [2.45, 2.75) is 68.2 Å². The third-order valence-corrected chi connectivity index (χ3v) is 9.75. The zero-order valence-corrected chi connectivity index (χ0v) is 22.3. The number of pyridine rings is 1. The lowest BCUT2D eigenvalue weighted by Gasteiger charge is -2.26. The van der Waals surface area contributed by atoms with Crippen molar-refractivity contribution in [3.05, 3.63) is 77.1 Å². The van der Waals surface area contributed by atoms with Gasteiger partial charge < -0.3 is 9.47 Å². The van der Waals surface area contributed by atoms with Gasteiger partial charge in [-0.25, -0.2) is 8.42 Å². The van der Waals surface area contributed by atoms with Crippen LogP contribution in [0.3, 0.4) is 0 Å². The molecule has 1 saturated heterocycles. The molecule has 194 valence electrons. The molecule has 37 heavy (non-hydrogen) atoms. The zero-order valence-electron chi connectivity index (χ0n) is 20.7. The molecule has 2 saturated carbocycles. The van der Waals surface area contributed by atoms with Crippen molar-refractivity contribution in [1.82, 2.24) is 9.29 Å². The Bertz CT molecular complexity index is 1400. The molecule has 6 rings (SSSR count). The zero-order chi connectivity index (χ0) is 25.5. The summed E-state index contributed by atoms with van der Waals surface area (Å²) in [5.74, 6) is 0.881. The highest BCUT2D eigenvalue weighted by Gasteiger charge is 2.48. The third-order valence-electron chi connectivity index (χ3n) is 7.49. The fraction of sp³-hybridized carbons (Fsp3) is 0.414. The number of piperidine rings is 1. The Morgan fingerprint density at radius 1 is 1.00 bits per heavy atom. The second-order valence-electron chi connectivity index (χ2n) is 10.2. The maximum Gasteiger partial charge on any atom is 0.243 e. The Morgan fingerprint density at radius 2 is 1.78 bits per heavy atom. The molecule has 0 spiro atoms. The lowest BCUT2D eigenvalue weighted by molar-refractivity contribution is 0.0173. The molecule has 0 N–H and O–H groups in total. The summed E-state index contributed by atoms with van der Waals surface area (Å²) in [6, 6.07) is 15.1. The number of hydrogen-bond acceptors (Lipinski definition) is 5. The number of halogens is 1. The van der Waals surface area contributed by atoms with Gasteiger partial charge in [-0.1, -0.05) is 36.2 Å². The molecule has 0 radical (unpaired) electrons. The van der Waals surface area contributed by atoms with Crippen LogP contribution in [0.5, 0.6) is 5.75 Å². The first-order valence-corrected chi connectivity index (χ1v) is 14.9. The lowest BCUT2D eigenvalue weighted by Crippen LogP contribution is -2.35. The number of ether oxygens (including phenoxy) is 2. The molecule has 3 fully saturated rings. The molecule has 0 amide bonds. The number of aromatic nitrogens is 1. The average Bonchev–Trinajstić information content (AvgIpc) is 3.86. The second-order valence-corrected chi connectivity index (χ2v) is 12.6. The SMILES string of the molecule is O=S(=O)(c1ccc(Cl)c(COC2(c3cnccc3-c3ccccc3OC3CC3)CC2)c1)N1CCCCC1. The van der Waals surface area contributed by atoms with Crippen molar-refractivity contribution in [1.29, 1.82) is 0 Å². The van der Waals surface area contributed by atoms with Crippen molar-refractivity contribution in [2.24, 2.45) is 0 Å². The highest BCUT2D eigenvalue weighted by atomic mass is 35.5. The van der Waals surface area contributed by atoms with E-state index in [0.717, 1.165) is 67.4 Å². The highest BCUT2D eigenvalue weighted by molar-refractivity contribution is 7.89. The van der Waals surface area contributed by atoms with Gasteiger partial charge in [0.05, 0.1) is 23.2 Å². The number of nitrogens with zero attached hydrogens (tertiary/aromatic N) is 2. The Hall–Kier alpha value is -2.45. The van der Waals surface area contributed by atoms with E-state index in [0.29, 0.717) is 29.8 Å². The second kappa shape index (κ2) is 10.0. The van der Waals surface area contributed by atoms with Crippen molar-refractivity contribution in [2.75, 3.05) is 13.1 Å². The van der Waals surface area contributed by atoms with E-state index in [1.807, 2.05) is 30.5 Å². The van der Waals surface area contributed by atoms with Gasteiger partial charge in [0, 0.05) is 41.6 Å². The van der Waals surface area contributed by atoms with E-state index in [4.69, 9.17) is 21.1 Å². The predicted octanol–water partition coefficient (Wildman–Crippen LogP) is 6.32. The summed E-state index contributed by atoms with van der Waals surface area (Å²) in [5, 5.41) is 0.503. The van der Waals surface area contributed by atoms with Gasteiger partial charge in [0.1, 0.15) is 5.75 Å². The first-order valence-electron chi connectivity index (χ1n) is 13.1. The van der Waals surface area contributed by atoms with Crippen LogP contribution in [0.15, 0.2) is 65.8 Å². The summed E-state index contributed by atoms with van der Waals surface area (Å²) in [7, 11) is -3.55. The van der Waals surface area contributed by atoms with Crippen LogP contribution < -0.4 is 4.74 Å². The van der Waals surface area contributed by atoms with E-state index in [-0.39, 0.29) is 11.5 Å². The minimum atomic E-state index is -3.55. The van der Waals surface area contributed by atoms with E-state index in [2.05, 4.69) is 11.1 Å². The van der Waals surface area contributed by atoms with Crippen LogP contribution in [0.1, 0.15) is 56.1 Å². The molecular formula is C29H31ClN2O4S. The van der Waals surface area contributed by atoms with Gasteiger partial charge in [-0.3, -0.25) is 4.98 Å². The Balaban J connectivity index is 1.26. The Morgan fingerprint density at radius 3 is 2.54 bits per heavy atom. The van der Waals surface area contributed by atoms with E-state index in [9.17, 15) is 8.42 Å². The van der Waals surface area contributed by atoms with Gasteiger partial charge in [0.25, 0.3) is 0 Å². The van der Waals surface area contributed by atoms with Crippen molar-refractivity contribution in [3.8, 4) is 16.9 Å². The minimum Gasteiger partial charge on any atom is -0.490 e. The molecule has 0 atom stereocenters. The Labute approximate surface area is 223 Å². The molecule has 1 aromatic heterocycles. The summed E-state index contributed by atoms with van der Waals surface area (Å²) in [5.41, 5.74) is 3.30. The smallest absolute Gasteiger partial charge is 0.243 e. The first-order chi connectivity index (χ1) is 18.0. The van der Waals surface area contributed by atoms with E-state index >= 15 is 0 Å². The number of rotatable bonds is 9. The molecule has 2 heterocycles. The summed E-state index contributed by atoms with van der Waals surface area (Å²) in [6.07, 6.45) is 10.8. The van der Waals surface area contributed by atoms with Crippen LogP contribution in [0.2, 0.25) is 5.02 Å². The van der Waals surface area contributed by atoms with Crippen LogP contribution >= 0.6 is 11.6 Å². The molecular weight excluding hydrogens is 508 g/mol. The van der Waals surface area contributed by atoms with Gasteiger partial charge in [0.2, 0.25) is 10.0 Å². The maximum absolute atomic E-state index is 13.2. The fourth-order valence-electron chi connectivity index (χ4n) is 5.05. The lowest BCUT2D eigenvalue weighted by atomic mass is 9.96. The van der Waals surface area contributed by atoms with Crippen LogP contribution in [-0.4, -0.2) is 36.9 Å². The van der Waals surface area contributed by atoms with Crippen LogP contribution in [0.25, 0.3) is 11.1 Å². The van der Waals surface area contributed by atoms with Crippen molar-refractivity contribution < 1.29 is 17.9 Å². The van der Waals surface area contributed by atoms with Gasteiger partial charge in [-0.2, -0.15) is 4.31 Å². The van der Waals surface area contributed by atoms with Crippen LogP contribution in [0.4, 0.5) is 0 Å². The topological polar surface area (TPSA) is 68.7 Å². The van der Waals surface area contributed by atoms with Gasteiger partial charge in [-0.15, -0.1) is 0 Å². The van der Waals surface area contributed by atoms with Crippen LogP contribution in [0, 0.1) is 0 Å². The Kier molecular flexibility index (Phi) is 6.74. The predicted molar refractivity (Wildman–Crippen MR) is 143 cm³/mol. The summed E-state index contributed by atoms with van der Waals surface area (Å²) in [6.45, 7) is 1.35. The van der Waals surface area contributed by atoms with E-state index in [1.165, 1.54) is 0 Å². The largest absolute Gasteiger partial charge is 0.490 e. The van der Waals surface area contributed by atoms with Gasteiger partial charge in [0.15, 0.2) is 0 Å². The first kappa shape index (κ1) is 24.9. The normalized spacial score (nSPS) is 19.5. The molecule has 3 aliphatic rings. The summed E-state index contributed by atoms with van der Waals surface area (Å²) in [4.78, 5) is 4.69. The van der Waals surface area contributed by atoms with Gasteiger partial charge in [-0.05, 0) is 80.0 Å². The highest BCUT2D eigenvalue weighted by Crippen LogP contribution is 2.53. The fourth-order valence-corrected chi connectivity index (χ4v) is 6.79. The molecule has 1 aliphatic heterocycles. The number of benzene rings is 2. The molecule has 2 aromatic carbocycles. The van der Waals surface area contributed by atoms with E-state index < -0.39 is 15.6 Å². The maximum atomic E-state index is 13.2. The molecule has 3 aromatic rings. The molecule has 8 heteroatoms. The summed E-state index contributed by atoms with van der Waals surface area (Å²) >= 11 is 6.51. The average molecular weight is 539 g/mol. The van der Waals surface area contributed by atoms with Crippen molar-refractivity contribution >= 4 is 21.6 Å². The van der Waals surface area contributed by atoms with Crippen molar-refractivity contribution in [3.63, 3.8) is 0 Å². The molecule has 6 nitrogen and oxygen atoms in total. The van der Waals surface area contributed by atoms with Crippen LogP contribution in [-0.2, 0) is 27.0 Å². The number of para-hydroxylation sites is 1. The monoisotopic (exact) mass is 538 g/mol. The number of hydrogen-bond donors (Lipinski definition) is 0. The minimum absolute atomic E-state index is 0.219. The number of sulfonamides is 1.